The Bertz CT molecular complexity index is 382. The van der Waals surface area contributed by atoms with Gasteiger partial charge >= 0.3 is 0 Å². The van der Waals surface area contributed by atoms with E-state index in [4.69, 9.17) is 15.2 Å². The van der Waals surface area contributed by atoms with Gasteiger partial charge in [0.25, 0.3) is 0 Å². The third kappa shape index (κ3) is 4.43. The number of ketones is 1. The molecule has 0 aromatic carbocycles. The largest absolute Gasteiger partial charge is 0.492 e. The summed E-state index contributed by atoms with van der Waals surface area (Å²) in [5, 5.41) is 0. The molecule has 1 unspecified atom stereocenters. The molecule has 0 saturated heterocycles. The summed E-state index contributed by atoms with van der Waals surface area (Å²) in [5.41, 5.74) is 6.33. The number of nitrogens with zero attached hydrogens (tertiary/aromatic N) is 1. The van der Waals surface area contributed by atoms with Crippen molar-refractivity contribution >= 4 is 5.78 Å². The summed E-state index contributed by atoms with van der Waals surface area (Å²) < 4.78 is 10.2. The van der Waals surface area contributed by atoms with Crippen LogP contribution in [-0.2, 0) is 4.74 Å². The summed E-state index contributed by atoms with van der Waals surface area (Å²) >= 11 is 0. The van der Waals surface area contributed by atoms with Gasteiger partial charge in [0.1, 0.15) is 5.75 Å². The van der Waals surface area contributed by atoms with Crippen LogP contribution in [0.5, 0.6) is 5.75 Å². The van der Waals surface area contributed by atoms with Crippen LogP contribution in [0.25, 0.3) is 0 Å². The van der Waals surface area contributed by atoms with Crippen molar-refractivity contribution in [3.8, 4) is 5.75 Å². The number of carbonyl (C=O) groups excluding carboxylic acids is 1. The van der Waals surface area contributed by atoms with E-state index in [1.807, 2.05) is 6.92 Å². The van der Waals surface area contributed by atoms with E-state index < -0.39 is 6.04 Å². The quantitative estimate of drug-likeness (QED) is 0.559. The summed E-state index contributed by atoms with van der Waals surface area (Å²) in [7, 11) is 1.63. The second kappa shape index (κ2) is 7.79. The van der Waals surface area contributed by atoms with Gasteiger partial charge < -0.3 is 15.2 Å². The lowest BCUT2D eigenvalue weighted by molar-refractivity contribution is 0.0949. The number of pyridine rings is 1. The number of aromatic nitrogens is 1. The van der Waals surface area contributed by atoms with E-state index in [0.29, 0.717) is 30.9 Å². The molecule has 0 aliphatic heterocycles. The lowest BCUT2D eigenvalue weighted by Gasteiger charge is -2.11. The fourth-order valence-electron chi connectivity index (χ4n) is 1.59. The Balaban J connectivity index is 2.62. The molecule has 1 aromatic heterocycles. The van der Waals surface area contributed by atoms with Gasteiger partial charge in [-0.05, 0) is 25.8 Å². The Kier molecular flexibility index (Phi) is 6.32. The van der Waals surface area contributed by atoms with E-state index in [1.54, 1.807) is 19.4 Å². The number of ether oxygens (including phenoxy) is 2. The van der Waals surface area contributed by atoms with Crippen LogP contribution in [0.3, 0.4) is 0 Å². The van der Waals surface area contributed by atoms with E-state index in [9.17, 15) is 4.79 Å². The Morgan fingerprint density at radius 3 is 2.94 bits per heavy atom. The van der Waals surface area contributed by atoms with Crippen molar-refractivity contribution in [3.05, 3.63) is 24.0 Å². The molecule has 0 saturated carbocycles. The third-order valence-corrected chi connectivity index (χ3v) is 2.51. The van der Waals surface area contributed by atoms with Crippen molar-refractivity contribution in [1.29, 1.82) is 0 Å². The number of hydrogen-bond donors (Lipinski definition) is 1. The summed E-state index contributed by atoms with van der Waals surface area (Å²) in [6, 6.07) is 1.16. The average Bonchev–Trinajstić information content (AvgIpc) is 2.39. The molecule has 0 fully saturated rings. The maximum atomic E-state index is 12.0. The van der Waals surface area contributed by atoms with E-state index in [-0.39, 0.29) is 5.78 Å². The van der Waals surface area contributed by atoms with Crippen molar-refractivity contribution in [1.82, 2.24) is 4.98 Å². The molecule has 1 rings (SSSR count). The number of carbonyl (C=O) groups is 1. The first-order valence-corrected chi connectivity index (χ1v) is 6.05. The van der Waals surface area contributed by atoms with Crippen molar-refractivity contribution in [2.24, 2.45) is 5.73 Å². The molecule has 5 nitrogen and oxygen atoms in total. The molecule has 0 bridgehead atoms. The molecule has 1 aromatic rings. The van der Waals surface area contributed by atoms with Crippen LogP contribution in [0.4, 0.5) is 0 Å². The molecule has 0 spiro atoms. The van der Waals surface area contributed by atoms with Crippen LogP contribution in [0.2, 0.25) is 0 Å². The maximum Gasteiger partial charge on any atom is 0.181 e. The molecule has 5 heteroatoms. The molecule has 0 amide bonds. The zero-order chi connectivity index (χ0) is 13.4. The minimum atomic E-state index is -0.515. The highest BCUT2D eigenvalue weighted by Crippen LogP contribution is 2.13. The molecule has 0 radical (unpaired) electrons. The Morgan fingerprint density at radius 1 is 1.50 bits per heavy atom. The third-order valence-electron chi connectivity index (χ3n) is 2.51. The number of hydrogen-bond acceptors (Lipinski definition) is 5. The van der Waals surface area contributed by atoms with Crippen LogP contribution < -0.4 is 10.5 Å². The summed E-state index contributed by atoms with van der Waals surface area (Å²) in [4.78, 5) is 16.0. The first kappa shape index (κ1) is 14.6. The molecule has 2 N–H and O–H groups in total. The fraction of sp³-hybridized carbons (Fsp3) is 0.538. The van der Waals surface area contributed by atoms with E-state index in [0.717, 1.165) is 6.42 Å². The van der Waals surface area contributed by atoms with Crippen LogP contribution in [-0.4, -0.2) is 37.1 Å². The second-order valence-corrected chi connectivity index (χ2v) is 3.95. The molecular formula is C13H20N2O3. The fourth-order valence-corrected chi connectivity index (χ4v) is 1.59. The lowest BCUT2D eigenvalue weighted by atomic mass is 10.0. The van der Waals surface area contributed by atoms with E-state index in [2.05, 4.69) is 4.98 Å². The van der Waals surface area contributed by atoms with Gasteiger partial charge in [0.05, 0.1) is 18.8 Å². The number of rotatable bonds is 8. The van der Waals surface area contributed by atoms with Gasteiger partial charge in [-0.1, -0.05) is 0 Å². The minimum Gasteiger partial charge on any atom is -0.492 e. The molecule has 18 heavy (non-hydrogen) atoms. The van der Waals surface area contributed by atoms with Crippen molar-refractivity contribution in [3.63, 3.8) is 0 Å². The van der Waals surface area contributed by atoms with Gasteiger partial charge in [0.2, 0.25) is 0 Å². The molecule has 1 heterocycles. The topological polar surface area (TPSA) is 74.4 Å². The van der Waals surface area contributed by atoms with Gasteiger partial charge in [-0.25, -0.2) is 0 Å². The van der Waals surface area contributed by atoms with Gasteiger partial charge in [0, 0.05) is 25.5 Å². The molecule has 100 valence electrons. The highest BCUT2D eigenvalue weighted by atomic mass is 16.5. The monoisotopic (exact) mass is 252 g/mol. The first-order valence-electron chi connectivity index (χ1n) is 6.05. The van der Waals surface area contributed by atoms with Crippen LogP contribution in [0.15, 0.2) is 18.5 Å². The van der Waals surface area contributed by atoms with Gasteiger partial charge in [-0.15, -0.1) is 0 Å². The molecule has 1 atom stereocenters. The zero-order valence-corrected chi connectivity index (χ0v) is 10.9. The predicted molar refractivity (Wildman–Crippen MR) is 68.8 cm³/mol. The second-order valence-electron chi connectivity index (χ2n) is 3.95. The molecule has 0 aliphatic carbocycles. The lowest BCUT2D eigenvalue weighted by Crippen LogP contribution is -2.30. The molecule has 0 aliphatic rings. The smallest absolute Gasteiger partial charge is 0.181 e. The highest BCUT2D eigenvalue weighted by molar-refractivity contribution is 5.99. The summed E-state index contributed by atoms with van der Waals surface area (Å²) in [5.74, 6) is 0.479. The zero-order valence-electron chi connectivity index (χ0n) is 10.9. The first-order chi connectivity index (χ1) is 8.69. The standard InChI is InChI=1S/C13H20N2O3/c1-3-18-11-7-10(8-15-9-11)13(16)12(14)5-4-6-17-2/h7-9,12H,3-6,14H2,1-2H3. The van der Waals surface area contributed by atoms with E-state index in [1.165, 1.54) is 6.20 Å². The Morgan fingerprint density at radius 2 is 2.28 bits per heavy atom. The van der Waals surface area contributed by atoms with E-state index >= 15 is 0 Å². The average molecular weight is 252 g/mol. The maximum absolute atomic E-state index is 12.0. The molecular weight excluding hydrogens is 232 g/mol. The Labute approximate surface area is 107 Å². The van der Waals surface area contributed by atoms with Crippen LogP contribution in [0, 0.1) is 0 Å². The van der Waals surface area contributed by atoms with Gasteiger partial charge in [-0.3, -0.25) is 9.78 Å². The normalized spacial score (nSPS) is 12.2. The number of methoxy groups -OCH3 is 1. The predicted octanol–water partition coefficient (Wildman–Crippen LogP) is 1.42. The van der Waals surface area contributed by atoms with Crippen LogP contribution >= 0.6 is 0 Å². The van der Waals surface area contributed by atoms with Crippen molar-refractivity contribution in [2.45, 2.75) is 25.8 Å². The SMILES string of the molecule is CCOc1cncc(C(=O)C(N)CCCOC)c1. The Hall–Kier alpha value is -1.46. The van der Waals surface area contributed by atoms with Crippen molar-refractivity contribution < 1.29 is 14.3 Å². The van der Waals surface area contributed by atoms with Crippen LogP contribution in [0.1, 0.15) is 30.1 Å². The highest BCUT2D eigenvalue weighted by Gasteiger charge is 2.16. The van der Waals surface area contributed by atoms with Gasteiger partial charge in [0.15, 0.2) is 5.78 Å². The number of Topliss-reactive ketones (excluding diaryl/α,β-unsaturated/α-hetero) is 1. The minimum absolute atomic E-state index is 0.111. The number of nitrogens with two attached hydrogens (primary N) is 1. The summed E-state index contributed by atoms with van der Waals surface area (Å²) in [6.07, 6.45) is 4.46. The summed E-state index contributed by atoms with van der Waals surface area (Å²) in [6.45, 7) is 3.03. The van der Waals surface area contributed by atoms with Gasteiger partial charge in [-0.2, -0.15) is 0 Å². The van der Waals surface area contributed by atoms with Crippen molar-refractivity contribution in [2.75, 3.05) is 20.3 Å².